The van der Waals surface area contributed by atoms with Crippen LogP contribution < -0.4 is 0 Å². The second kappa shape index (κ2) is 3.20. The number of aromatic nitrogens is 1. The van der Waals surface area contributed by atoms with Crippen molar-refractivity contribution in [2.24, 2.45) is 0 Å². The number of rotatable bonds is 0. The number of hydrogen-bond acceptors (Lipinski definition) is 4. The second-order valence-corrected chi connectivity index (χ2v) is 6.87. The normalized spacial score (nSPS) is 11.9. The van der Waals surface area contributed by atoms with Crippen molar-refractivity contribution in [2.45, 2.75) is 0 Å². The van der Waals surface area contributed by atoms with Crippen LogP contribution in [-0.4, -0.2) is 4.37 Å². The summed E-state index contributed by atoms with van der Waals surface area (Å²) in [7, 11) is 2.98. The molecule has 7 heteroatoms. The van der Waals surface area contributed by atoms with Gasteiger partial charge in [0.25, 0.3) is 0 Å². The molecule has 0 bridgehead atoms. The van der Waals surface area contributed by atoms with E-state index >= 15 is 0 Å². The van der Waals surface area contributed by atoms with Crippen molar-refractivity contribution in [1.82, 2.24) is 4.37 Å². The third kappa shape index (κ3) is 1.10. The molecule has 1 nitrogen and oxygen atoms in total. The summed E-state index contributed by atoms with van der Waals surface area (Å²) in [6.07, 6.45) is 0. The Kier molecular flexibility index (Phi) is 2.20. The molecule has 14 heavy (non-hydrogen) atoms. The summed E-state index contributed by atoms with van der Waals surface area (Å²) >= 11 is 19.6. The molecule has 1 aliphatic carbocycles. The van der Waals surface area contributed by atoms with E-state index in [1.807, 2.05) is 0 Å². The SMILES string of the molecule is Clc1sc2c(Cl)c3ssnc-3c2c1Cl. The van der Waals surface area contributed by atoms with E-state index in [0.717, 1.165) is 25.7 Å². The monoisotopic (exact) mass is 299 g/mol. The first-order chi connectivity index (χ1) is 6.70. The highest BCUT2D eigenvalue weighted by Gasteiger charge is 2.25. The van der Waals surface area contributed by atoms with E-state index in [-0.39, 0.29) is 0 Å². The van der Waals surface area contributed by atoms with Crippen molar-refractivity contribution in [3.8, 4) is 10.6 Å². The van der Waals surface area contributed by atoms with E-state index in [9.17, 15) is 0 Å². The second-order valence-electron chi connectivity index (χ2n) is 2.63. The van der Waals surface area contributed by atoms with Gasteiger partial charge in [-0.3, -0.25) is 0 Å². The topological polar surface area (TPSA) is 12.9 Å². The van der Waals surface area contributed by atoms with Crippen LogP contribution in [0.3, 0.4) is 0 Å². The molecule has 2 aliphatic rings. The zero-order chi connectivity index (χ0) is 9.87. The number of fused-ring (bicyclic) bond motifs is 3. The molecule has 0 N–H and O–H groups in total. The van der Waals surface area contributed by atoms with Gasteiger partial charge in [-0.2, -0.15) is 4.37 Å². The van der Waals surface area contributed by atoms with Crippen LogP contribution in [-0.2, 0) is 0 Å². The maximum Gasteiger partial charge on any atom is 0.113 e. The summed E-state index contributed by atoms with van der Waals surface area (Å²) in [5.74, 6) is 0. The van der Waals surface area contributed by atoms with Gasteiger partial charge < -0.3 is 0 Å². The molecule has 0 saturated carbocycles. The van der Waals surface area contributed by atoms with Crippen LogP contribution in [0.4, 0.5) is 0 Å². The minimum Gasteiger partial charge on any atom is -0.181 e. The molecule has 0 radical (unpaired) electrons. The summed E-state index contributed by atoms with van der Waals surface area (Å²) < 4.78 is 5.81. The maximum atomic E-state index is 6.19. The van der Waals surface area contributed by atoms with E-state index < -0.39 is 0 Å². The molecule has 2 heterocycles. The molecular formula is C7Cl3NS3. The lowest BCUT2D eigenvalue weighted by molar-refractivity contribution is 1.61. The van der Waals surface area contributed by atoms with Gasteiger partial charge in [-0.05, 0) is 0 Å². The van der Waals surface area contributed by atoms with Crippen molar-refractivity contribution in [1.29, 1.82) is 0 Å². The standard InChI is InChI=1S/C7Cl3NS3/c8-2-1-4-6(13-14-11-4)3(9)5(1)12-7(2)10. The Hall–Kier alpha value is 0.420. The van der Waals surface area contributed by atoms with E-state index in [2.05, 4.69) is 4.37 Å². The number of thiophene rings is 1. The zero-order valence-corrected chi connectivity index (χ0v) is 11.0. The molecule has 0 spiro atoms. The smallest absolute Gasteiger partial charge is 0.113 e. The minimum atomic E-state index is 0.571. The summed E-state index contributed by atoms with van der Waals surface area (Å²) in [6, 6.07) is 0. The van der Waals surface area contributed by atoms with Gasteiger partial charge in [0.05, 0.1) is 19.6 Å². The fraction of sp³-hybridized carbons (Fsp3) is 0. The Morgan fingerprint density at radius 3 is 2.64 bits per heavy atom. The lowest BCUT2D eigenvalue weighted by Gasteiger charge is -1.86. The highest BCUT2D eigenvalue weighted by Crippen LogP contribution is 2.53. The molecule has 1 aromatic heterocycles. The quantitative estimate of drug-likeness (QED) is 0.501. The zero-order valence-electron chi connectivity index (χ0n) is 6.31. The van der Waals surface area contributed by atoms with Gasteiger partial charge in [0.2, 0.25) is 0 Å². The van der Waals surface area contributed by atoms with Crippen LogP contribution in [0.5, 0.6) is 0 Å². The first-order valence-electron chi connectivity index (χ1n) is 3.50. The van der Waals surface area contributed by atoms with Crippen LogP contribution >= 0.6 is 67.0 Å². The predicted octanol–water partition coefficient (Wildman–Crippen LogP) is 5.48. The van der Waals surface area contributed by atoms with Crippen LogP contribution in [0.1, 0.15) is 0 Å². The highest BCUT2D eigenvalue weighted by atomic mass is 35.5. The van der Waals surface area contributed by atoms with Gasteiger partial charge in [-0.15, -0.1) is 11.3 Å². The Morgan fingerprint density at radius 1 is 1.07 bits per heavy atom. The molecule has 3 rings (SSSR count). The van der Waals surface area contributed by atoms with Gasteiger partial charge in [0.15, 0.2) is 0 Å². The molecular weight excluding hydrogens is 301 g/mol. The van der Waals surface area contributed by atoms with Gasteiger partial charge in [0, 0.05) is 15.9 Å². The van der Waals surface area contributed by atoms with Crippen molar-refractivity contribution >= 4 is 77.1 Å². The van der Waals surface area contributed by atoms with E-state index in [0.29, 0.717) is 9.36 Å². The average molecular weight is 301 g/mol. The summed E-state index contributed by atoms with van der Waals surface area (Å²) in [5, 5.41) is 2.20. The molecule has 0 atom stereocenters. The summed E-state index contributed by atoms with van der Waals surface area (Å²) in [5.41, 5.74) is 0.883. The summed E-state index contributed by atoms with van der Waals surface area (Å²) in [6.45, 7) is 0. The Balaban J connectivity index is 2.62. The van der Waals surface area contributed by atoms with E-state index in [1.54, 1.807) is 10.3 Å². The lowest BCUT2D eigenvalue weighted by Crippen LogP contribution is -1.66. The van der Waals surface area contributed by atoms with Crippen LogP contribution in [0, 0.1) is 0 Å². The molecule has 0 amide bonds. The van der Waals surface area contributed by atoms with Crippen molar-refractivity contribution in [2.75, 3.05) is 0 Å². The van der Waals surface area contributed by atoms with Gasteiger partial charge in [0.1, 0.15) is 10.0 Å². The minimum absolute atomic E-state index is 0.571. The van der Waals surface area contributed by atoms with Crippen LogP contribution in [0.25, 0.3) is 20.7 Å². The number of halogens is 3. The lowest BCUT2D eigenvalue weighted by atomic mass is 10.3. The fourth-order valence-electron chi connectivity index (χ4n) is 1.33. The molecule has 1 aliphatic heterocycles. The third-order valence-corrected chi connectivity index (χ3v) is 6.36. The fourth-order valence-corrected chi connectivity index (χ4v) is 5.36. The molecule has 1 aromatic rings. The van der Waals surface area contributed by atoms with Crippen molar-refractivity contribution in [3.63, 3.8) is 0 Å². The van der Waals surface area contributed by atoms with E-state index in [1.165, 1.54) is 21.9 Å². The Morgan fingerprint density at radius 2 is 1.86 bits per heavy atom. The van der Waals surface area contributed by atoms with Crippen molar-refractivity contribution < 1.29 is 0 Å². The molecule has 0 unspecified atom stereocenters. The van der Waals surface area contributed by atoms with Crippen LogP contribution in [0.2, 0.25) is 14.4 Å². The van der Waals surface area contributed by atoms with Gasteiger partial charge >= 0.3 is 0 Å². The largest absolute Gasteiger partial charge is 0.181 e. The first-order valence-corrected chi connectivity index (χ1v) is 7.56. The number of hydrogen-bond donors (Lipinski definition) is 0. The maximum absolute atomic E-state index is 6.19. The Labute approximate surface area is 106 Å². The van der Waals surface area contributed by atoms with Gasteiger partial charge in [-0.25, -0.2) is 0 Å². The Bertz CT molecular complexity index is 593. The first kappa shape index (κ1) is 9.63. The predicted molar refractivity (Wildman–Crippen MR) is 67.0 cm³/mol. The van der Waals surface area contributed by atoms with E-state index in [4.69, 9.17) is 34.8 Å². The molecule has 0 fully saturated rings. The molecule has 72 valence electrons. The third-order valence-electron chi connectivity index (χ3n) is 1.91. The average Bonchev–Trinajstić information content (AvgIpc) is 2.76. The van der Waals surface area contributed by atoms with Crippen molar-refractivity contribution in [3.05, 3.63) is 14.4 Å². The number of nitrogens with zero attached hydrogens (tertiary/aromatic N) is 1. The highest BCUT2D eigenvalue weighted by molar-refractivity contribution is 7.68. The summed E-state index contributed by atoms with van der Waals surface area (Å²) in [4.78, 5) is 1.01. The van der Waals surface area contributed by atoms with Gasteiger partial charge in [-0.1, -0.05) is 45.1 Å². The van der Waals surface area contributed by atoms with Crippen LogP contribution in [0.15, 0.2) is 0 Å². The molecule has 0 aromatic carbocycles. The molecule has 0 saturated heterocycles.